The van der Waals surface area contributed by atoms with E-state index < -0.39 is 0 Å². The lowest BCUT2D eigenvalue weighted by Gasteiger charge is -2.38. The number of aromatic nitrogens is 1. The minimum atomic E-state index is 0.243. The van der Waals surface area contributed by atoms with Gasteiger partial charge in [-0.05, 0) is 72.3 Å². The second kappa shape index (κ2) is 7.96. The van der Waals surface area contributed by atoms with Crippen molar-refractivity contribution in [3.63, 3.8) is 0 Å². The fourth-order valence-electron chi connectivity index (χ4n) is 3.96. The number of rotatable bonds is 6. The maximum Gasteiger partial charge on any atom is 0.0889 e. The van der Waals surface area contributed by atoms with E-state index in [4.69, 9.17) is 9.47 Å². The topological polar surface area (TPSA) is 34.6 Å². The molecule has 0 N–H and O–H groups in total. The molecule has 1 atom stereocenters. The Labute approximate surface area is 153 Å². The van der Waals surface area contributed by atoms with E-state index in [0.717, 1.165) is 25.3 Å². The van der Waals surface area contributed by atoms with E-state index in [-0.39, 0.29) is 6.10 Å². The number of ether oxygens (including phenoxy) is 2. The van der Waals surface area contributed by atoms with Crippen molar-refractivity contribution in [2.24, 2.45) is 5.41 Å². The van der Waals surface area contributed by atoms with Crippen LogP contribution in [0.15, 0.2) is 41.2 Å². The number of hydrogen-bond acceptors (Lipinski definition) is 5. The van der Waals surface area contributed by atoms with Crippen LogP contribution in [0.1, 0.15) is 30.5 Å². The zero-order valence-electron chi connectivity index (χ0n) is 14.6. The summed E-state index contributed by atoms with van der Waals surface area (Å²) < 4.78 is 11.9. The summed E-state index contributed by atoms with van der Waals surface area (Å²) in [5.74, 6) is 0. The molecule has 4 heterocycles. The fraction of sp³-hybridized carbons (Fsp3) is 0.550. The molecule has 4 rings (SSSR count). The van der Waals surface area contributed by atoms with Gasteiger partial charge >= 0.3 is 0 Å². The molecule has 2 aliphatic rings. The number of pyridine rings is 1. The molecular weight excluding hydrogens is 332 g/mol. The predicted octanol–water partition coefficient (Wildman–Crippen LogP) is 3.73. The highest BCUT2D eigenvalue weighted by Crippen LogP contribution is 2.42. The Balaban J connectivity index is 1.20. The Morgan fingerprint density at radius 1 is 1.28 bits per heavy atom. The molecule has 2 saturated heterocycles. The molecule has 25 heavy (non-hydrogen) atoms. The smallest absolute Gasteiger partial charge is 0.0889 e. The fourth-order valence-corrected chi connectivity index (χ4v) is 4.62. The van der Waals surface area contributed by atoms with Crippen LogP contribution >= 0.6 is 11.3 Å². The van der Waals surface area contributed by atoms with Gasteiger partial charge in [0.2, 0.25) is 0 Å². The Bertz CT molecular complexity index is 639. The number of nitrogens with zero attached hydrogens (tertiary/aromatic N) is 2. The first-order valence-corrected chi connectivity index (χ1v) is 10.1. The highest BCUT2D eigenvalue weighted by Gasteiger charge is 2.42. The maximum absolute atomic E-state index is 6.06. The van der Waals surface area contributed by atoms with Gasteiger partial charge in [-0.1, -0.05) is 6.07 Å². The van der Waals surface area contributed by atoms with Crippen LogP contribution in [0.4, 0.5) is 0 Å². The van der Waals surface area contributed by atoms with E-state index in [9.17, 15) is 0 Å². The van der Waals surface area contributed by atoms with Gasteiger partial charge in [0.15, 0.2) is 0 Å². The van der Waals surface area contributed by atoms with E-state index in [1.165, 1.54) is 31.5 Å². The van der Waals surface area contributed by atoms with Gasteiger partial charge in [-0.15, -0.1) is 0 Å². The number of hydrogen-bond donors (Lipinski definition) is 0. The third-order valence-electron chi connectivity index (χ3n) is 5.47. The SMILES string of the molecule is c1ccc(COCC2CC3(CCN(Cc4ccsc4)CC3)CO2)nc1. The molecule has 4 nitrogen and oxygen atoms in total. The lowest BCUT2D eigenvalue weighted by molar-refractivity contribution is 0.00555. The highest BCUT2D eigenvalue weighted by molar-refractivity contribution is 7.07. The monoisotopic (exact) mass is 358 g/mol. The largest absolute Gasteiger partial charge is 0.375 e. The average Bonchev–Trinajstić information content (AvgIpc) is 3.29. The van der Waals surface area contributed by atoms with Crippen molar-refractivity contribution in [2.45, 2.75) is 38.5 Å². The van der Waals surface area contributed by atoms with Gasteiger partial charge in [0.05, 0.1) is 31.6 Å². The molecule has 0 aliphatic carbocycles. The summed E-state index contributed by atoms with van der Waals surface area (Å²) in [4.78, 5) is 6.88. The van der Waals surface area contributed by atoms with Crippen LogP contribution in [0.25, 0.3) is 0 Å². The molecule has 0 radical (unpaired) electrons. The Hall–Kier alpha value is -1.27. The molecule has 0 aromatic carbocycles. The molecule has 2 aromatic rings. The third-order valence-corrected chi connectivity index (χ3v) is 6.20. The molecule has 1 spiro atoms. The van der Waals surface area contributed by atoms with E-state index in [1.54, 1.807) is 11.3 Å². The zero-order chi connectivity index (χ0) is 17.0. The molecular formula is C20H26N2O2S. The molecule has 1 unspecified atom stereocenters. The summed E-state index contributed by atoms with van der Waals surface area (Å²) in [5.41, 5.74) is 2.81. The van der Waals surface area contributed by atoms with E-state index in [1.807, 2.05) is 24.4 Å². The summed E-state index contributed by atoms with van der Waals surface area (Å²) in [6.07, 6.45) is 5.68. The Morgan fingerprint density at radius 2 is 2.20 bits per heavy atom. The quantitative estimate of drug-likeness (QED) is 0.788. The second-order valence-electron chi connectivity index (χ2n) is 7.38. The van der Waals surface area contributed by atoms with Crippen molar-refractivity contribution < 1.29 is 9.47 Å². The summed E-state index contributed by atoms with van der Waals surface area (Å²) in [7, 11) is 0. The molecule has 0 saturated carbocycles. The normalized spacial score (nSPS) is 23.3. The summed E-state index contributed by atoms with van der Waals surface area (Å²) >= 11 is 1.79. The van der Waals surface area contributed by atoms with Gasteiger partial charge in [-0.2, -0.15) is 11.3 Å². The van der Waals surface area contributed by atoms with Gasteiger partial charge in [0.1, 0.15) is 0 Å². The van der Waals surface area contributed by atoms with Crippen molar-refractivity contribution >= 4 is 11.3 Å². The molecule has 2 aromatic heterocycles. The van der Waals surface area contributed by atoms with Crippen molar-refractivity contribution in [1.29, 1.82) is 0 Å². The van der Waals surface area contributed by atoms with Gasteiger partial charge in [-0.3, -0.25) is 9.88 Å². The first-order chi connectivity index (χ1) is 12.3. The first-order valence-electron chi connectivity index (χ1n) is 9.14. The van der Waals surface area contributed by atoms with Crippen LogP contribution in [-0.2, 0) is 22.6 Å². The van der Waals surface area contributed by atoms with Gasteiger partial charge in [0.25, 0.3) is 0 Å². The van der Waals surface area contributed by atoms with Crippen LogP contribution in [0.2, 0.25) is 0 Å². The van der Waals surface area contributed by atoms with Crippen molar-refractivity contribution in [3.8, 4) is 0 Å². The first kappa shape index (κ1) is 17.2. The van der Waals surface area contributed by atoms with Crippen LogP contribution in [0.3, 0.4) is 0 Å². The predicted molar refractivity (Wildman–Crippen MR) is 99.5 cm³/mol. The van der Waals surface area contributed by atoms with Gasteiger partial charge < -0.3 is 9.47 Å². The van der Waals surface area contributed by atoms with Crippen LogP contribution in [0, 0.1) is 5.41 Å². The summed E-state index contributed by atoms with van der Waals surface area (Å²) in [6, 6.07) is 8.16. The standard InChI is InChI=1S/C20H26N2O2S/c1-2-7-21-18(3-1)13-23-14-19-11-20(16-24-19)5-8-22(9-6-20)12-17-4-10-25-15-17/h1-4,7,10,15,19H,5-6,8-9,11-14,16H2. The summed E-state index contributed by atoms with van der Waals surface area (Å²) in [6.45, 7) is 5.61. The van der Waals surface area contributed by atoms with Gasteiger partial charge in [0, 0.05) is 12.7 Å². The molecule has 134 valence electrons. The molecule has 2 aliphatic heterocycles. The summed E-state index contributed by atoms with van der Waals surface area (Å²) in [5, 5.41) is 4.43. The molecule has 0 bridgehead atoms. The van der Waals surface area contributed by atoms with Crippen molar-refractivity contribution in [1.82, 2.24) is 9.88 Å². The van der Waals surface area contributed by atoms with Crippen LogP contribution < -0.4 is 0 Å². The van der Waals surface area contributed by atoms with Crippen LogP contribution in [0.5, 0.6) is 0 Å². The molecule has 2 fully saturated rings. The van der Waals surface area contributed by atoms with E-state index in [2.05, 4.69) is 26.7 Å². The molecule has 0 amide bonds. The number of likely N-dealkylation sites (tertiary alicyclic amines) is 1. The minimum Gasteiger partial charge on any atom is -0.375 e. The second-order valence-corrected chi connectivity index (χ2v) is 8.16. The van der Waals surface area contributed by atoms with E-state index >= 15 is 0 Å². The van der Waals surface area contributed by atoms with Crippen molar-refractivity contribution in [2.75, 3.05) is 26.3 Å². The number of thiophene rings is 1. The van der Waals surface area contributed by atoms with Crippen LogP contribution in [-0.4, -0.2) is 42.3 Å². The third kappa shape index (κ3) is 4.47. The average molecular weight is 359 g/mol. The zero-order valence-corrected chi connectivity index (χ0v) is 15.4. The van der Waals surface area contributed by atoms with Crippen molar-refractivity contribution in [3.05, 3.63) is 52.5 Å². The lowest BCUT2D eigenvalue weighted by Crippen LogP contribution is -2.40. The van der Waals surface area contributed by atoms with E-state index in [0.29, 0.717) is 18.6 Å². The Kier molecular flexibility index (Phi) is 5.46. The number of piperidine rings is 1. The molecule has 5 heteroatoms. The Morgan fingerprint density at radius 3 is 2.96 bits per heavy atom. The highest BCUT2D eigenvalue weighted by atomic mass is 32.1. The lowest BCUT2D eigenvalue weighted by atomic mass is 9.76. The maximum atomic E-state index is 6.06. The van der Waals surface area contributed by atoms with Gasteiger partial charge in [-0.25, -0.2) is 0 Å². The minimum absolute atomic E-state index is 0.243.